The van der Waals surface area contributed by atoms with E-state index in [9.17, 15) is 9.18 Å². The lowest BCUT2D eigenvalue weighted by molar-refractivity contribution is 0.102. The van der Waals surface area contributed by atoms with Crippen LogP contribution < -0.4 is 10.1 Å². The van der Waals surface area contributed by atoms with Gasteiger partial charge in [0, 0.05) is 29.9 Å². The fraction of sp³-hybridized carbons (Fsp3) is 0.200. The third-order valence-electron chi connectivity index (χ3n) is 5.04. The molecular formula is C25H26FN3O2. The summed E-state index contributed by atoms with van der Waals surface area (Å²) in [6.45, 7) is 2.06. The number of carbonyl (C=O) groups excluding carboxylic acids is 1. The molecule has 3 rings (SSSR count). The normalized spacial score (nSPS) is 11.8. The number of amides is 1. The maximum absolute atomic E-state index is 14.5. The van der Waals surface area contributed by atoms with Gasteiger partial charge in [0.2, 0.25) is 0 Å². The number of halogens is 1. The molecule has 2 N–H and O–H groups in total. The summed E-state index contributed by atoms with van der Waals surface area (Å²) in [4.78, 5) is 14.6. The van der Waals surface area contributed by atoms with Gasteiger partial charge < -0.3 is 20.4 Å². The minimum Gasteiger partial charge on any atom is -0.457 e. The van der Waals surface area contributed by atoms with Crippen LogP contribution in [-0.2, 0) is 0 Å². The summed E-state index contributed by atoms with van der Waals surface area (Å²) in [5.41, 5.74) is 1.78. The molecule has 31 heavy (non-hydrogen) atoms. The monoisotopic (exact) mass is 419 g/mol. The van der Waals surface area contributed by atoms with E-state index in [2.05, 4.69) is 17.1 Å². The molecule has 0 heterocycles. The molecule has 160 valence electrons. The molecular weight excluding hydrogens is 393 g/mol. The van der Waals surface area contributed by atoms with Crippen molar-refractivity contribution < 1.29 is 13.9 Å². The molecule has 0 saturated carbocycles. The number of nitrogens with one attached hydrogen (secondary N) is 2. The van der Waals surface area contributed by atoms with Crippen LogP contribution in [0, 0.1) is 11.2 Å². The van der Waals surface area contributed by atoms with E-state index in [1.54, 1.807) is 42.5 Å². The SMILES string of the molecule is CC(CC(=N)c1ccc(NC(=O)c2ccc(Oc3ccccc3)cc2F)cc1)N(C)C. The maximum Gasteiger partial charge on any atom is 0.258 e. The van der Waals surface area contributed by atoms with E-state index in [0.717, 1.165) is 5.56 Å². The van der Waals surface area contributed by atoms with Crippen molar-refractivity contribution in [2.75, 3.05) is 19.4 Å². The first-order valence-electron chi connectivity index (χ1n) is 10.0. The molecule has 0 bridgehead atoms. The van der Waals surface area contributed by atoms with Gasteiger partial charge in [-0.15, -0.1) is 0 Å². The Morgan fingerprint density at radius 1 is 1.03 bits per heavy atom. The minimum absolute atomic E-state index is 0.0722. The summed E-state index contributed by atoms with van der Waals surface area (Å²) < 4.78 is 20.1. The molecule has 1 atom stereocenters. The van der Waals surface area contributed by atoms with E-state index in [4.69, 9.17) is 10.1 Å². The summed E-state index contributed by atoms with van der Waals surface area (Å²) in [5.74, 6) is -0.311. The molecule has 1 unspecified atom stereocenters. The Labute approximate surface area is 182 Å². The molecule has 0 radical (unpaired) electrons. The minimum atomic E-state index is -0.665. The molecule has 3 aromatic rings. The van der Waals surface area contributed by atoms with Crippen molar-refractivity contribution in [3.05, 3.63) is 89.7 Å². The fourth-order valence-corrected chi connectivity index (χ4v) is 2.92. The van der Waals surface area contributed by atoms with Gasteiger partial charge in [0.15, 0.2) is 0 Å². The van der Waals surface area contributed by atoms with Crippen molar-refractivity contribution in [2.45, 2.75) is 19.4 Å². The standard InChI is InChI=1S/C25H26FN3O2/c1-17(29(2)3)15-24(27)18-9-11-19(12-10-18)28-25(30)22-14-13-21(16-23(22)26)31-20-7-5-4-6-8-20/h4-14,16-17,27H,15H2,1-3H3,(H,28,30). The van der Waals surface area contributed by atoms with Crippen LogP contribution >= 0.6 is 0 Å². The van der Waals surface area contributed by atoms with Crippen molar-refractivity contribution in [1.82, 2.24) is 4.90 Å². The second-order valence-electron chi connectivity index (χ2n) is 7.58. The molecule has 6 heteroatoms. The van der Waals surface area contributed by atoms with Crippen molar-refractivity contribution in [3.63, 3.8) is 0 Å². The fourth-order valence-electron chi connectivity index (χ4n) is 2.92. The van der Waals surface area contributed by atoms with Crippen LogP contribution in [0.25, 0.3) is 0 Å². The highest BCUT2D eigenvalue weighted by Gasteiger charge is 2.14. The van der Waals surface area contributed by atoms with Gasteiger partial charge in [0.05, 0.1) is 5.56 Å². The van der Waals surface area contributed by atoms with E-state index in [1.165, 1.54) is 12.1 Å². The number of nitrogens with zero attached hydrogens (tertiary/aromatic N) is 1. The van der Waals surface area contributed by atoms with Gasteiger partial charge in [-0.3, -0.25) is 4.79 Å². The molecule has 0 aliphatic rings. The Balaban J connectivity index is 1.64. The molecule has 0 aromatic heterocycles. The topological polar surface area (TPSA) is 65.4 Å². The first kappa shape index (κ1) is 22.2. The largest absolute Gasteiger partial charge is 0.457 e. The molecule has 0 aliphatic carbocycles. The van der Waals surface area contributed by atoms with E-state index in [1.807, 2.05) is 32.3 Å². The van der Waals surface area contributed by atoms with Crippen molar-refractivity contribution >= 4 is 17.3 Å². The van der Waals surface area contributed by atoms with Gasteiger partial charge in [-0.25, -0.2) is 4.39 Å². The third-order valence-corrected chi connectivity index (χ3v) is 5.04. The molecule has 0 fully saturated rings. The molecule has 1 amide bonds. The Morgan fingerprint density at radius 2 is 1.71 bits per heavy atom. The highest BCUT2D eigenvalue weighted by molar-refractivity contribution is 6.05. The van der Waals surface area contributed by atoms with Gasteiger partial charge in [0.1, 0.15) is 17.3 Å². The number of benzene rings is 3. The van der Waals surface area contributed by atoms with Gasteiger partial charge in [-0.05, 0) is 63.0 Å². The van der Waals surface area contributed by atoms with Gasteiger partial charge in [-0.2, -0.15) is 0 Å². The summed E-state index contributed by atoms with van der Waals surface area (Å²) in [7, 11) is 3.96. The van der Waals surface area contributed by atoms with Crippen LogP contribution in [0.2, 0.25) is 0 Å². The highest BCUT2D eigenvalue weighted by atomic mass is 19.1. The van der Waals surface area contributed by atoms with Crippen LogP contribution in [0.1, 0.15) is 29.3 Å². The second-order valence-corrected chi connectivity index (χ2v) is 7.58. The first-order valence-corrected chi connectivity index (χ1v) is 10.0. The number of hydrogen-bond donors (Lipinski definition) is 2. The summed E-state index contributed by atoms with van der Waals surface area (Å²) in [6.07, 6.45) is 0.626. The predicted molar refractivity (Wildman–Crippen MR) is 122 cm³/mol. The summed E-state index contributed by atoms with van der Waals surface area (Å²) in [5, 5.41) is 10.9. The van der Waals surface area contributed by atoms with Crippen molar-refractivity contribution in [2.24, 2.45) is 0 Å². The predicted octanol–water partition coefficient (Wildman–Crippen LogP) is 5.58. The van der Waals surface area contributed by atoms with Crippen molar-refractivity contribution in [3.8, 4) is 11.5 Å². The van der Waals surface area contributed by atoms with Crippen LogP contribution in [0.3, 0.4) is 0 Å². The average molecular weight is 420 g/mol. The lowest BCUT2D eigenvalue weighted by Crippen LogP contribution is -2.27. The Bertz CT molecular complexity index is 1050. The zero-order chi connectivity index (χ0) is 22.4. The summed E-state index contributed by atoms with van der Waals surface area (Å²) >= 11 is 0. The zero-order valence-electron chi connectivity index (χ0n) is 17.9. The quantitative estimate of drug-likeness (QED) is 0.469. The number of anilines is 1. The molecule has 3 aromatic carbocycles. The van der Waals surface area contributed by atoms with E-state index < -0.39 is 11.7 Å². The van der Waals surface area contributed by atoms with Crippen LogP contribution in [0.15, 0.2) is 72.8 Å². The molecule has 0 saturated heterocycles. The first-order chi connectivity index (χ1) is 14.8. The smallest absolute Gasteiger partial charge is 0.258 e. The number of hydrogen-bond acceptors (Lipinski definition) is 4. The highest BCUT2D eigenvalue weighted by Crippen LogP contribution is 2.24. The van der Waals surface area contributed by atoms with Gasteiger partial charge in [-0.1, -0.05) is 30.3 Å². The third kappa shape index (κ3) is 5.99. The molecule has 5 nitrogen and oxygen atoms in total. The molecule has 0 aliphatic heterocycles. The van der Waals surface area contributed by atoms with Crippen LogP contribution in [0.5, 0.6) is 11.5 Å². The lowest BCUT2D eigenvalue weighted by atomic mass is 10.0. The Kier molecular flexibility index (Phi) is 7.15. The number of ether oxygens (including phenoxy) is 1. The Hall–Kier alpha value is -3.51. The van der Waals surface area contributed by atoms with Crippen molar-refractivity contribution in [1.29, 1.82) is 5.41 Å². The average Bonchev–Trinajstić information content (AvgIpc) is 2.74. The Morgan fingerprint density at radius 3 is 2.32 bits per heavy atom. The second kappa shape index (κ2) is 10.00. The zero-order valence-corrected chi connectivity index (χ0v) is 17.9. The van der Waals surface area contributed by atoms with Crippen LogP contribution in [0.4, 0.5) is 10.1 Å². The number of para-hydroxylation sites is 1. The number of carbonyl (C=O) groups is 1. The van der Waals surface area contributed by atoms with E-state index in [-0.39, 0.29) is 11.6 Å². The van der Waals surface area contributed by atoms with E-state index in [0.29, 0.717) is 29.3 Å². The van der Waals surface area contributed by atoms with E-state index >= 15 is 0 Å². The maximum atomic E-state index is 14.5. The lowest BCUT2D eigenvalue weighted by Gasteiger charge is -2.20. The summed E-state index contributed by atoms with van der Waals surface area (Å²) in [6, 6.07) is 20.4. The van der Waals surface area contributed by atoms with Gasteiger partial charge >= 0.3 is 0 Å². The molecule has 0 spiro atoms. The number of rotatable bonds is 8. The van der Waals surface area contributed by atoms with Crippen LogP contribution in [-0.4, -0.2) is 36.7 Å². The van der Waals surface area contributed by atoms with Gasteiger partial charge in [0.25, 0.3) is 5.91 Å².